The van der Waals surface area contributed by atoms with E-state index in [0.29, 0.717) is 12.1 Å². The van der Waals surface area contributed by atoms with E-state index in [9.17, 15) is 0 Å². The monoisotopic (exact) mass is 199 g/mol. The van der Waals surface area contributed by atoms with Crippen molar-refractivity contribution in [3.63, 3.8) is 0 Å². The summed E-state index contributed by atoms with van der Waals surface area (Å²) < 4.78 is 5.49. The summed E-state index contributed by atoms with van der Waals surface area (Å²) >= 11 is 0. The molecule has 0 unspecified atom stereocenters. The Labute approximate surface area is 88.4 Å². The molecule has 0 aromatic heterocycles. The van der Waals surface area contributed by atoms with Crippen LogP contribution in [0.2, 0.25) is 0 Å². The van der Waals surface area contributed by atoms with E-state index in [2.05, 4.69) is 26.1 Å². The largest absolute Gasteiger partial charge is 0.377 e. The standard InChI is InChI=1S/C12H25NO/c1-10(2)14-9-8-13-11(3)12-6-4-5-7-12/h10-13H,4-9H2,1-3H3/t11-/m1/s1. The Kier molecular flexibility index (Phi) is 5.49. The highest BCUT2D eigenvalue weighted by molar-refractivity contribution is 4.76. The minimum atomic E-state index is 0.360. The summed E-state index contributed by atoms with van der Waals surface area (Å²) in [7, 11) is 0. The van der Waals surface area contributed by atoms with Gasteiger partial charge in [-0.3, -0.25) is 0 Å². The molecule has 0 heterocycles. The molecule has 0 aliphatic heterocycles. The van der Waals surface area contributed by atoms with Gasteiger partial charge in [-0.2, -0.15) is 0 Å². The summed E-state index contributed by atoms with van der Waals surface area (Å²) in [5.41, 5.74) is 0. The molecule has 0 spiro atoms. The van der Waals surface area contributed by atoms with Gasteiger partial charge in [-0.05, 0) is 39.5 Å². The molecule has 1 N–H and O–H groups in total. The Morgan fingerprint density at radius 1 is 1.21 bits per heavy atom. The van der Waals surface area contributed by atoms with Crippen LogP contribution in [-0.4, -0.2) is 25.3 Å². The highest BCUT2D eigenvalue weighted by Crippen LogP contribution is 2.27. The molecule has 0 bridgehead atoms. The van der Waals surface area contributed by atoms with Gasteiger partial charge in [-0.1, -0.05) is 12.8 Å². The molecule has 2 nitrogen and oxygen atoms in total. The van der Waals surface area contributed by atoms with Crippen LogP contribution in [-0.2, 0) is 4.74 Å². The minimum Gasteiger partial charge on any atom is -0.377 e. The highest BCUT2D eigenvalue weighted by Gasteiger charge is 2.20. The van der Waals surface area contributed by atoms with E-state index >= 15 is 0 Å². The maximum absolute atomic E-state index is 5.49. The van der Waals surface area contributed by atoms with E-state index in [1.807, 2.05) is 0 Å². The molecule has 0 aromatic rings. The highest BCUT2D eigenvalue weighted by atomic mass is 16.5. The van der Waals surface area contributed by atoms with Crippen LogP contribution in [0.25, 0.3) is 0 Å². The van der Waals surface area contributed by atoms with Crippen molar-refractivity contribution in [1.29, 1.82) is 0 Å². The van der Waals surface area contributed by atoms with Gasteiger partial charge in [-0.25, -0.2) is 0 Å². The molecule has 84 valence electrons. The zero-order valence-electron chi connectivity index (χ0n) is 9.88. The summed E-state index contributed by atoms with van der Waals surface area (Å²) in [5.74, 6) is 0.911. The van der Waals surface area contributed by atoms with Crippen LogP contribution in [0.5, 0.6) is 0 Å². The Morgan fingerprint density at radius 3 is 2.43 bits per heavy atom. The Bertz CT molecular complexity index is 141. The second kappa shape index (κ2) is 6.41. The molecule has 2 heteroatoms. The molecule has 1 atom stereocenters. The summed E-state index contributed by atoms with van der Waals surface area (Å²) in [5, 5.41) is 3.55. The first-order valence-corrected chi connectivity index (χ1v) is 6.05. The maximum atomic E-state index is 5.49. The Morgan fingerprint density at radius 2 is 1.86 bits per heavy atom. The Balaban J connectivity index is 1.99. The average molecular weight is 199 g/mol. The van der Waals surface area contributed by atoms with Crippen LogP contribution in [0, 0.1) is 5.92 Å². The van der Waals surface area contributed by atoms with Crippen LogP contribution in [0.4, 0.5) is 0 Å². The summed E-state index contributed by atoms with van der Waals surface area (Å²) in [6.45, 7) is 8.32. The van der Waals surface area contributed by atoms with Crippen molar-refractivity contribution in [1.82, 2.24) is 5.32 Å². The minimum absolute atomic E-state index is 0.360. The van der Waals surface area contributed by atoms with Gasteiger partial charge in [-0.15, -0.1) is 0 Å². The van der Waals surface area contributed by atoms with Gasteiger partial charge in [0.1, 0.15) is 0 Å². The average Bonchev–Trinajstić information content (AvgIpc) is 2.64. The summed E-state index contributed by atoms with van der Waals surface area (Å²) in [6, 6.07) is 0.674. The van der Waals surface area contributed by atoms with Crippen molar-refractivity contribution >= 4 is 0 Å². The van der Waals surface area contributed by atoms with Crippen LogP contribution < -0.4 is 5.32 Å². The molecule has 0 radical (unpaired) electrons. The second-order valence-electron chi connectivity index (χ2n) is 4.71. The van der Waals surface area contributed by atoms with E-state index in [1.165, 1.54) is 25.7 Å². The van der Waals surface area contributed by atoms with Crippen molar-refractivity contribution in [2.75, 3.05) is 13.2 Å². The van der Waals surface area contributed by atoms with Gasteiger partial charge in [0, 0.05) is 12.6 Å². The van der Waals surface area contributed by atoms with Gasteiger partial charge in [0.05, 0.1) is 12.7 Å². The number of hydrogen-bond donors (Lipinski definition) is 1. The van der Waals surface area contributed by atoms with Crippen molar-refractivity contribution < 1.29 is 4.74 Å². The fourth-order valence-electron chi connectivity index (χ4n) is 2.21. The first kappa shape index (κ1) is 12.0. The van der Waals surface area contributed by atoms with E-state index in [1.54, 1.807) is 0 Å². The molecule has 14 heavy (non-hydrogen) atoms. The van der Waals surface area contributed by atoms with Crippen molar-refractivity contribution in [3.05, 3.63) is 0 Å². The number of nitrogens with one attached hydrogen (secondary N) is 1. The lowest BCUT2D eigenvalue weighted by molar-refractivity contribution is 0.0784. The second-order valence-corrected chi connectivity index (χ2v) is 4.71. The lowest BCUT2D eigenvalue weighted by Gasteiger charge is -2.20. The molecular weight excluding hydrogens is 174 g/mol. The van der Waals surface area contributed by atoms with Crippen LogP contribution >= 0.6 is 0 Å². The summed E-state index contributed by atoms with van der Waals surface area (Å²) in [6.07, 6.45) is 6.05. The van der Waals surface area contributed by atoms with Gasteiger partial charge in [0.15, 0.2) is 0 Å². The van der Waals surface area contributed by atoms with Crippen molar-refractivity contribution in [2.45, 2.75) is 58.6 Å². The third-order valence-corrected chi connectivity index (χ3v) is 3.13. The maximum Gasteiger partial charge on any atom is 0.0594 e. The first-order valence-electron chi connectivity index (χ1n) is 6.05. The van der Waals surface area contributed by atoms with E-state index in [-0.39, 0.29) is 0 Å². The van der Waals surface area contributed by atoms with Gasteiger partial charge >= 0.3 is 0 Å². The lowest BCUT2D eigenvalue weighted by atomic mass is 10.00. The third-order valence-electron chi connectivity index (χ3n) is 3.13. The smallest absolute Gasteiger partial charge is 0.0594 e. The summed E-state index contributed by atoms with van der Waals surface area (Å²) in [4.78, 5) is 0. The van der Waals surface area contributed by atoms with Gasteiger partial charge in [0.2, 0.25) is 0 Å². The zero-order valence-corrected chi connectivity index (χ0v) is 9.88. The first-order chi connectivity index (χ1) is 6.70. The van der Waals surface area contributed by atoms with Crippen molar-refractivity contribution in [2.24, 2.45) is 5.92 Å². The molecule has 1 aliphatic carbocycles. The molecule has 1 aliphatic rings. The van der Waals surface area contributed by atoms with E-state index in [4.69, 9.17) is 4.74 Å². The SMILES string of the molecule is CC(C)OCCN[C@H](C)C1CCCC1. The van der Waals surface area contributed by atoms with Crippen LogP contribution in [0.1, 0.15) is 46.5 Å². The molecule has 0 saturated heterocycles. The Hall–Kier alpha value is -0.0800. The van der Waals surface area contributed by atoms with E-state index in [0.717, 1.165) is 19.1 Å². The predicted octanol–water partition coefficient (Wildman–Crippen LogP) is 2.58. The normalized spacial score (nSPS) is 20.6. The topological polar surface area (TPSA) is 21.3 Å². The fraction of sp³-hybridized carbons (Fsp3) is 1.00. The van der Waals surface area contributed by atoms with Gasteiger partial charge < -0.3 is 10.1 Å². The van der Waals surface area contributed by atoms with Crippen molar-refractivity contribution in [3.8, 4) is 0 Å². The molecule has 1 rings (SSSR count). The molecule has 1 fully saturated rings. The van der Waals surface area contributed by atoms with Gasteiger partial charge in [0.25, 0.3) is 0 Å². The van der Waals surface area contributed by atoms with Crippen LogP contribution in [0.15, 0.2) is 0 Å². The number of rotatable bonds is 6. The molecule has 0 aromatic carbocycles. The molecular formula is C12H25NO. The predicted molar refractivity (Wildman–Crippen MR) is 60.5 cm³/mol. The van der Waals surface area contributed by atoms with Crippen LogP contribution in [0.3, 0.4) is 0 Å². The molecule has 1 saturated carbocycles. The molecule has 0 amide bonds. The quantitative estimate of drug-likeness (QED) is 0.664. The fourth-order valence-corrected chi connectivity index (χ4v) is 2.21. The van der Waals surface area contributed by atoms with E-state index < -0.39 is 0 Å². The number of ether oxygens (including phenoxy) is 1. The zero-order chi connectivity index (χ0) is 10.4. The number of hydrogen-bond acceptors (Lipinski definition) is 2. The lowest BCUT2D eigenvalue weighted by Crippen LogP contribution is -2.35. The third kappa shape index (κ3) is 4.43.